The Labute approximate surface area is 170 Å². The van der Waals surface area contributed by atoms with Crippen LogP contribution in [0.1, 0.15) is 35.7 Å². The van der Waals surface area contributed by atoms with E-state index in [4.69, 9.17) is 0 Å². The van der Waals surface area contributed by atoms with Crippen LogP contribution in [0.5, 0.6) is 0 Å². The number of aryl methyl sites for hydroxylation is 2. The van der Waals surface area contributed by atoms with Gasteiger partial charge in [0.15, 0.2) is 0 Å². The van der Waals surface area contributed by atoms with Crippen LogP contribution in [0.3, 0.4) is 0 Å². The van der Waals surface area contributed by atoms with E-state index in [0.29, 0.717) is 30.4 Å². The van der Waals surface area contributed by atoms with E-state index < -0.39 is 0 Å². The smallest absolute Gasteiger partial charge is 0.253 e. The third-order valence-corrected chi connectivity index (χ3v) is 5.49. The zero-order chi connectivity index (χ0) is 20.5. The molecule has 0 saturated carbocycles. The number of nitrogens with one attached hydrogen (secondary N) is 1. The SMILES string of the molecule is Cc1cc(-c2ccc3c(c2Cc2ccccc2C#N)CCC(=O)N3)cn(C)c1=O.[HH]. The molecule has 0 saturated heterocycles. The highest BCUT2D eigenvalue weighted by atomic mass is 16.1. The van der Waals surface area contributed by atoms with E-state index in [0.717, 1.165) is 33.5 Å². The molecule has 0 bridgehead atoms. The van der Waals surface area contributed by atoms with Gasteiger partial charge in [-0.05, 0) is 65.8 Å². The number of nitrogens with zero attached hydrogens (tertiary/aromatic N) is 2. The molecule has 2 heterocycles. The number of carbonyl (C=O) groups excluding carboxylic acids is 1. The fourth-order valence-electron chi connectivity index (χ4n) is 4.02. The van der Waals surface area contributed by atoms with Crippen LogP contribution >= 0.6 is 0 Å². The fourth-order valence-corrected chi connectivity index (χ4v) is 4.02. The molecule has 1 aromatic heterocycles. The number of carbonyl (C=O) groups is 1. The van der Waals surface area contributed by atoms with Gasteiger partial charge in [-0.1, -0.05) is 24.3 Å². The largest absolute Gasteiger partial charge is 0.326 e. The molecule has 2 aromatic carbocycles. The number of rotatable bonds is 3. The topological polar surface area (TPSA) is 74.9 Å². The van der Waals surface area contributed by atoms with Crippen LogP contribution in [0.4, 0.5) is 5.69 Å². The van der Waals surface area contributed by atoms with Gasteiger partial charge in [-0.3, -0.25) is 9.59 Å². The summed E-state index contributed by atoms with van der Waals surface area (Å²) in [5.41, 5.74) is 7.24. The van der Waals surface area contributed by atoms with E-state index in [1.54, 1.807) is 11.6 Å². The summed E-state index contributed by atoms with van der Waals surface area (Å²) in [6.45, 7) is 1.81. The maximum atomic E-state index is 12.2. The minimum absolute atomic E-state index is 0. The molecule has 5 heteroatoms. The monoisotopic (exact) mass is 385 g/mol. The highest BCUT2D eigenvalue weighted by Gasteiger charge is 2.22. The first-order valence-electron chi connectivity index (χ1n) is 9.58. The second kappa shape index (κ2) is 7.40. The van der Waals surface area contributed by atoms with Crippen LogP contribution in [0.2, 0.25) is 0 Å². The summed E-state index contributed by atoms with van der Waals surface area (Å²) < 4.78 is 1.60. The highest BCUT2D eigenvalue weighted by molar-refractivity contribution is 5.95. The van der Waals surface area contributed by atoms with E-state index in [-0.39, 0.29) is 12.9 Å². The fraction of sp³-hybridized carbons (Fsp3) is 0.208. The van der Waals surface area contributed by atoms with Crippen molar-refractivity contribution in [3.63, 3.8) is 0 Å². The van der Waals surface area contributed by atoms with Gasteiger partial charge >= 0.3 is 0 Å². The minimum Gasteiger partial charge on any atom is -0.326 e. The Bertz CT molecular complexity index is 1210. The third kappa shape index (κ3) is 3.45. The molecule has 1 amide bonds. The van der Waals surface area contributed by atoms with Crippen molar-refractivity contribution in [3.8, 4) is 17.2 Å². The molecular weight excluding hydrogens is 362 g/mol. The van der Waals surface area contributed by atoms with Gasteiger partial charge in [0.25, 0.3) is 5.56 Å². The Hall–Kier alpha value is -3.65. The summed E-state index contributed by atoms with van der Waals surface area (Å²) >= 11 is 0. The van der Waals surface area contributed by atoms with Crippen molar-refractivity contribution in [3.05, 3.63) is 86.8 Å². The Morgan fingerprint density at radius 2 is 1.97 bits per heavy atom. The standard InChI is InChI=1S/C24H21N3O2.H2/c1-15-11-18(14-27(2)24(15)29)19-7-9-22-20(8-10-23(28)26-22)21(19)12-16-5-3-4-6-17(16)13-25;/h3-7,9,11,14H,8,10,12H2,1-2H3,(H,26,28);1H. The van der Waals surface area contributed by atoms with Crippen LogP contribution in [0.25, 0.3) is 11.1 Å². The maximum Gasteiger partial charge on any atom is 0.253 e. The van der Waals surface area contributed by atoms with Gasteiger partial charge < -0.3 is 9.88 Å². The molecular formula is C24H23N3O2. The zero-order valence-corrected chi connectivity index (χ0v) is 16.5. The van der Waals surface area contributed by atoms with Gasteiger partial charge in [0.1, 0.15) is 0 Å². The Morgan fingerprint density at radius 1 is 1.17 bits per heavy atom. The van der Waals surface area contributed by atoms with Gasteiger partial charge in [0.05, 0.1) is 11.6 Å². The number of pyridine rings is 1. The average Bonchev–Trinajstić information content (AvgIpc) is 2.72. The summed E-state index contributed by atoms with van der Waals surface area (Å²) in [5.74, 6) is 0.0200. The highest BCUT2D eigenvalue weighted by Crippen LogP contribution is 2.35. The molecule has 0 unspecified atom stereocenters. The van der Waals surface area contributed by atoms with Crippen molar-refractivity contribution in [1.29, 1.82) is 5.26 Å². The molecule has 29 heavy (non-hydrogen) atoms. The first kappa shape index (κ1) is 18.7. The van der Waals surface area contributed by atoms with Crippen molar-refractivity contribution >= 4 is 11.6 Å². The van der Waals surface area contributed by atoms with Crippen LogP contribution in [0, 0.1) is 18.3 Å². The molecule has 0 spiro atoms. The van der Waals surface area contributed by atoms with Gasteiger partial charge in [-0.15, -0.1) is 0 Å². The van der Waals surface area contributed by atoms with Crippen LogP contribution in [0.15, 0.2) is 53.5 Å². The number of aromatic nitrogens is 1. The Balaban J connectivity index is 0.00000256. The lowest BCUT2D eigenvalue weighted by Crippen LogP contribution is -2.21. The molecule has 4 rings (SSSR count). The summed E-state index contributed by atoms with van der Waals surface area (Å²) in [6.07, 6.45) is 3.53. The summed E-state index contributed by atoms with van der Waals surface area (Å²) in [4.78, 5) is 24.0. The number of hydrogen-bond donors (Lipinski definition) is 1. The zero-order valence-electron chi connectivity index (χ0n) is 16.5. The van der Waals surface area contributed by atoms with Crippen LogP contribution < -0.4 is 10.9 Å². The molecule has 0 atom stereocenters. The van der Waals surface area contributed by atoms with E-state index in [2.05, 4.69) is 11.4 Å². The molecule has 1 N–H and O–H groups in total. The molecule has 1 aliphatic heterocycles. The molecule has 0 radical (unpaired) electrons. The van der Waals surface area contributed by atoms with Gasteiger partial charge in [0.2, 0.25) is 5.91 Å². The predicted molar refractivity (Wildman–Crippen MR) is 115 cm³/mol. The first-order valence-corrected chi connectivity index (χ1v) is 9.58. The number of anilines is 1. The van der Waals surface area contributed by atoms with E-state index >= 15 is 0 Å². The number of benzene rings is 2. The average molecular weight is 385 g/mol. The summed E-state index contributed by atoms with van der Waals surface area (Å²) in [6, 6.07) is 15.7. The number of hydrogen-bond acceptors (Lipinski definition) is 3. The van der Waals surface area contributed by atoms with E-state index in [9.17, 15) is 14.9 Å². The van der Waals surface area contributed by atoms with Crippen molar-refractivity contribution in [2.24, 2.45) is 7.05 Å². The lowest BCUT2D eigenvalue weighted by molar-refractivity contribution is -0.116. The molecule has 1 aliphatic rings. The molecule has 5 nitrogen and oxygen atoms in total. The van der Waals surface area contributed by atoms with Gasteiger partial charge in [0, 0.05) is 32.3 Å². The van der Waals surface area contributed by atoms with Crippen molar-refractivity contribution in [2.45, 2.75) is 26.2 Å². The second-order valence-electron chi connectivity index (χ2n) is 7.44. The van der Waals surface area contributed by atoms with Crippen LogP contribution in [-0.2, 0) is 24.7 Å². The number of fused-ring (bicyclic) bond motifs is 1. The van der Waals surface area contributed by atoms with Gasteiger partial charge in [-0.2, -0.15) is 5.26 Å². The molecule has 0 aliphatic carbocycles. The third-order valence-electron chi connectivity index (χ3n) is 5.49. The molecule has 3 aromatic rings. The molecule has 146 valence electrons. The van der Waals surface area contributed by atoms with Gasteiger partial charge in [-0.25, -0.2) is 0 Å². The number of nitriles is 1. The first-order chi connectivity index (χ1) is 14.0. The minimum atomic E-state index is -0.0182. The normalized spacial score (nSPS) is 12.8. The van der Waals surface area contributed by atoms with Crippen LogP contribution in [-0.4, -0.2) is 10.5 Å². The Morgan fingerprint density at radius 3 is 2.72 bits per heavy atom. The quantitative estimate of drug-likeness (QED) is 0.742. The lowest BCUT2D eigenvalue weighted by Gasteiger charge is -2.23. The maximum absolute atomic E-state index is 12.2. The van der Waals surface area contributed by atoms with Crippen molar-refractivity contribution in [1.82, 2.24) is 4.57 Å². The second-order valence-corrected chi connectivity index (χ2v) is 7.44. The Kier molecular flexibility index (Phi) is 4.77. The van der Waals surface area contributed by atoms with Crippen molar-refractivity contribution in [2.75, 3.05) is 5.32 Å². The predicted octanol–water partition coefficient (Wildman–Crippen LogP) is 3.95. The number of amides is 1. The van der Waals surface area contributed by atoms with E-state index in [1.165, 1.54) is 0 Å². The lowest BCUT2D eigenvalue weighted by atomic mass is 9.86. The summed E-state index contributed by atoms with van der Waals surface area (Å²) in [7, 11) is 1.75. The van der Waals surface area contributed by atoms with E-state index in [1.807, 2.05) is 55.6 Å². The molecule has 0 fully saturated rings. The van der Waals surface area contributed by atoms with Crippen molar-refractivity contribution < 1.29 is 6.22 Å². The summed E-state index contributed by atoms with van der Waals surface area (Å²) in [5, 5.41) is 12.5.